The molecule has 0 aliphatic carbocycles. The van der Waals surface area contributed by atoms with Crippen molar-refractivity contribution in [3.8, 4) is 5.75 Å². The van der Waals surface area contributed by atoms with Gasteiger partial charge in [0.2, 0.25) is 10.0 Å². The zero-order chi connectivity index (χ0) is 20.4. The molecule has 0 amide bonds. The van der Waals surface area contributed by atoms with Gasteiger partial charge in [-0.1, -0.05) is 42.5 Å². The molecule has 1 saturated heterocycles. The van der Waals surface area contributed by atoms with Gasteiger partial charge in [0, 0.05) is 12.6 Å². The van der Waals surface area contributed by atoms with Gasteiger partial charge in [-0.15, -0.1) is 0 Å². The maximum Gasteiger partial charge on any atom is 0.219 e. The Morgan fingerprint density at radius 2 is 1.86 bits per heavy atom. The third kappa shape index (κ3) is 5.11. The summed E-state index contributed by atoms with van der Waals surface area (Å²) < 4.78 is 34.5. The molecule has 6 nitrogen and oxygen atoms in total. The van der Waals surface area contributed by atoms with Gasteiger partial charge in [0.05, 0.1) is 12.6 Å². The molecule has 2 aromatic carbocycles. The van der Waals surface area contributed by atoms with Crippen LogP contribution in [0.25, 0.3) is 0 Å². The molecular formula is C21H28N2O4S. The maximum atomic E-state index is 12.9. The molecule has 7 heteroatoms. The van der Waals surface area contributed by atoms with Crippen LogP contribution in [-0.2, 0) is 21.5 Å². The Hall–Kier alpha value is -1.93. The van der Waals surface area contributed by atoms with Gasteiger partial charge < -0.3 is 4.74 Å². The molecule has 0 spiro atoms. The van der Waals surface area contributed by atoms with Crippen LogP contribution in [0.3, 0.4) is 0 Å². The molecule has 152 valence electrons. The number of hydrogen-bond donors (Lipinski definition) is 1. The van der Waals surface area contributed by atoms with Crippen molar-refractivity contribution < 1.29 is 18.0 Å². The number of sulfonamides is 1. The zero-order valence-corrected chi connectivity index (χ0v) is 17.6. The molecule has 2 atom stereocenters. The number of benzene rings is 2. The van der Waals surface area contributed by atoms with Crippen molar-refractivity contribution >= 4 is 10.0 Å². The average molecular weight is 405 g/mol. The Morgan fingerprint density at radius 1 is 1.14 bits per heavy atom. The lowest BCUT2D eigenvalue weighted by molar-refractivity contribution is -0.110. The highest BCUT2D eigenvalue weighted by molar-refractivity contribution is 7.90. The quantitative estimate of drug-likeness (QED) is 0.800. The van der Waals surface area contributed by atoms with Crippen LogP contribution in [0.2, 0.25) is 0 Å². The van der Waals surface area contributed by atoms with Gasteiger partial charge in [0.15, 0.2) is 0 Å². The number of nitrogens with zero attached hydrogens (tertiary/aromatic N) is 1. The lowest BCUT2D eigenvalue weighted by Crippen LogP contribution is -2.47. The maximum absolute atomic E-state index is 12.9. The number of hydrogen-bond acceptors (Lipinski definition) is 5. The van der Waals surface area contributed by atoms with Gasteiger partial charge in [-0.2, -0.15) is 5.06 Å². The predicted octanol–water partition coefficient (Wildman–Crippen LogP) is 3.27. The van der Waals surface area contributed by atoms with E-state index < -0.39 is 26.9 Å². The first-order chi connectivity index (χ1) is 13.2. The van der Waals surface area contributed by atoms with E-state index in [0.29, 0.717) is 12.4 Å². The molecule has 2 unspecified atom stereocenters. The van der Waals surface area contributed by atoms with E-state index in [2.05, 4.69) is 4.72 Å². The minimum atomic E-state index is -3.57. The first kappa shape index (κ1) is 20.8. The summed E-state index contributed by atoms with van der Waals surface area (Å²) in [5.74, 6) is 0.696. The van der Waals surface area contributed by atoms with Gasteiger partial charge >= 0.3 is 0 Å². The van der Waals surface area contributed by atoms with Crippen molar-refractivity contribution in [2.75, 3.05) is 13.7 Å². The smallest absolute Gasteiger partial charge is 0.219 e. The second kappa shape index (κ2) is 8.21. The summed E-state index contributed by atoms with van der Waals surface area (Å²) in [4.78, 5) is 5.58. The van der Waals surface area contributed by atoms with E-state index in [9.17, 15) is 8.42 Å². The summed E-state index contributed by atoms with van der Waals surface area (Å²) in [6, 6.07) is 17.0. The minimum Gasteiger partial charge on any atom is -0.489 e. The van der Waals surface area contributed by atoms with Gasteiger partial charge in [-0.25, -0.2) is 13.1 Å². The lowest BCUT2D eigenvalue weighted by Gasteiger charge is -2.27. The number of rotatable bonds is 6. The highest BCUT2D eigenvalue weighted by Crippen LogP contribution is 2.35. The third-order valence-electron chi connectivity index (χ3n) is 4.48. The second-order valence-electron chi connectivity index (χ2n) is 8.07. The highest BCUT2D eigenvalue weighted by Gasteiger charge is 2.44. The summed E-state index contributed by atoms with van der Waals surface area (Å²) in [7, 11) is -1.81. The molecule has 1 heterocycles. The molecule has 1 aliphatic rings. The molecule has 28 heavy (non-hydrogen) atoms. The lowest BCUT2D eigenvalue weighted by atomic mass is 10.0. The molecule has 0 bridgehead atoms. The topological polar surface area (TPSA) is 67.9 Å². The summed E-state index contributed by atoms with van der Waals surface area (Å²) in [5, 5.41) is 0.907. The number of nitrogens with one attached hydrogen (secondary N) is 1. The van der Waals surface area contributed by atoms with Gasteiger partial charge in [0.1, 0.15) is 17.6 Å². The zero-order valence-electron chi connectivity index (χ0n) is 16.8. The summed E-state index contributed by atoms with van der Waals surface area (Å²) in [6.45, 7) is 6.06. The number of hydroxylamine groups is 2. The Bertz CT molecular complexity index is 894. The number of ether oxygens (including phenoxy) is 1. The Labute approximate surface area is 167 Å². The minimum absolute atomic E-state index is 0.113. The summed E-state index contributed by atoms with van der Waals surface area (Å²) >= 11 is 0. The Balaban J connectivity index is 1.80. The molecule has 1 fully saturated rings. The van der Waals surface area contributed by atoms with E-state index in [0.717, 1.165) is 11.1 Å². The molecule has 2 aromatic rings. The van der Waals surface area contributed by atoms with E-state index in [1.54, 1.807) is 12.1 Å². The van der Waals surface area contributed by atoms with Crippen LogP contribution in [0.15, 0.2) is 54.6 Å². The van der Waals surface area contributed by atoms with Gasteiger partial charge in [0.25, 0.3) is 0 Å². The SMILES string of the molecule is CN1OCC(S(=O)(=O)NC(C)(C)C)C1c1cccc(OCc2ccccc2)c1. The highest BCUT2D eigenvalue weighted by atomic mass is 32.2. The fourth-order valence-corrected chi connectivity index (χ4v) is 5.23. The van der Waals surface area contributed by atoms with Crippen molar-refractivity contribution in [1.82, 2.24) is 9.79 Å². The standard InChI is InChI=1S/C21H28N2O4S/c1-21(2,3)22-28(24,25)19-15-27-23(4)20(19)17-11-8-12-18(13-17)26-14-16-9-6-5-7-10-16/h5-13,19-20,22H,14-15H2,1-4H3. The largest absolute Gasteiger partial charge is 0.489 e. The van der Waals surface area contributed by atoms with Crippen LogP contribution >= 0.6 is 0 Å². The van der Waals surface area contributed by atoms with Gasteiger partial charge in [-0.05, 0) is 44.0 Å². The van der Waals surface area contributed by atoms with Crippen molar-refractivity contribution in [3.05, 3.63) is 65.7 Å². The normalized spacial score (nSPS) is 21.0. The third-order valence-corrected chi connectivity index (χ3v) is 6.57. The first-order valence-electron chi connectivity index (χ1n) is 9.31. The van der Waals surface area contributed by atoms with Crippen LogP contribution in [0.5, 0.6) is 5.75 Å². The molecular weight excluding hydrogens is 376 g/mol. The van der Waals surface area contributed by atoms with Crippen LogP contribution < -0.4 is 9.46 Å². The Morgan fingerprint density at radius 3 is 2.54 bits per heavy atom. The molecule has 0 aromatic heterocycles. The molecule has 1 aliphatic heterocycles. The summed E-state index contributed by atoms with van der Waals surface area (Å²) in [6.07, 6.45) is 0. The van der Waals surface area contributed by atoms with E-state index in [1.165, 1.54) is 0 Å². The van der Waals surface area contributed by atoms with Crippen molar-refractivity contribution in [2.24, 2.45) is 0 Å². The average Bonchev–Trinajstić information content (AvgIpc) is 3.02. The van der Waals surface area contributed by atoms with E-state index >= 15 is 0 Å². The molecule has 3 rings (SSSR count). The van der Waals surface area contributed by atoms with E-state index in [4.69, 9.17) is 9.57 Å². The molecule has 1 N–H and O–H groups in total. The van der Waals surface area contributed by atoms with Crippen molar-refractivity contribution in [2.45, 2.75) is 44.2 Å². The van der Waals surface area contributed by atoms with Crippen LogP contribution in [0.1, 0.15) is 37.9 Å². The van der Waals surface area contributed by atoms with Crippen molar-refractivity contribution in [3.63, 3.8) is 0 Å². The van der Waals surface area contributed by atoms with Crippen LogP contribution in [0, 0.1) is 0 Å². The predicted molar refractivity (Wildman–Crippen MR) is 109 cm³/mol. The van der Waals surface area contributed by atoms with Crippen molar-refractivity contribution in [1.29, 1.82) is 0 Å². The van der Waals surface area contributed by atoms with Crippen LogP contribution in [-0.4, -0.2) is 37.9 Å². The summed E-state index contributed by atoms with van der Waals surface area (Å²) in [5.41, 5.74) is 1.37. The Kier molecular flexibility index (Phi) is 6.09. The fourth-order valence-electron chi connectivity index (χ4n) is 3.31. The van der Waals surface area contributed by atoms with Crippen LogP contribution in [0.4, 0.5) is 0 Å². The van der Waals surface area contributed by atoms with E-state index in [1.807, 2.05) is 75.4 Å². The molecule has 0 radical (unpaired) electrons. The van der Waals surface area contributed by atoms with Gasteiger partial charge in [-0.3, -0.25) is 4.84 Å². The van der Waals surface area contributed by atoms with E-state index in [-0.39, 0.29) is 6.61 Å². The first-order valence-corrected chi connectivity index (χ1v) is 10.9. The fraction of sp³-hybridized carbons (Fsp3) is 0.429. The monoisotopic (exact) mass is 404 g/mol. The molecule has 0 saturated carbocycles. The second-order valence-corrected chi connectivity index (χ2v) is 9.97.